The molecule has 0 aliphatic rings. The summed E-state index contributed by atoms with van der Waals surface area (Å²) in [5.74, 6) is -1.22. The van der Waals surface area contributed by atoms with E-state index in [-0.39, 0.29) is 11.3 Å². The average Bonchev–Trinajstić information content (AvgIpc) is 2.48. The highest BCUT2D eigenvalue weighted by Gasteiger charge is 2.11. The fourth-order valence-electron chi connectivity index (χ4n) is 1.53. The van der Waals surface area contributed by atoms with E-state index in [4.69, 9.17) is 5.26 Å². The molecule has 0 aliphatic heterocycles. The molecule has 1 aromatic carbocycles. The van der Waals surface area contributed by atoms with Gasteiger partial charge in [0.15, 0.2) is 0 Å². The summed E-state index contributed by atoms with van der Waals surface area (Å²) in [7, 11) is 0. The molecule has 0 spiro atoms. The van der Waals surface area contributed by atoms with E-state index in [0.29, 0.717) is 5.56 Å². The third-order valence-electron chi connectivity index (χ3n) is 2.48. The van der Waals surface area contributed by atoms with Crippen molar-refractivity contribution >= 4 is 17.7 Å². The molecule has 5 heteroatoms. The Bertz CT molecular complexity index is 690. The second kappa shape index (κ2) is 6.25. The molecule has 2 aromatic rings. The van der Waals surface area contributed by atoms with E-state index in [1.54, 1.807) is 30.5 Å². The number of anilines is 1. The lowest BCUT2D eigenvalue weighted by molar-refractivity contribution is -0.112. The molecular formula is C15H10FN3O. The standard InChI is InChI=1S/C15H10FN3O/c16-13-5-1-2-6-14(13)19-15(20)12(9-17)8-11-4-3-7-18-10-11/h1-8,10H,(H,19,20)/b12-8-. The Morgan fingerprint density at radius 2 is 2.10 bits per heavy atom. The largest absolute Gasteiger partial charge is 0.319 e. The predicted molar refractivity (Wildman–Crippen MR) is 72.9 cm³/mol. The van der Waals surface area contributed by atoms with Crippen LogP contribution in [0.15, 0.2) is 54.4 Å². The second-order valence-corrected chi connectivity index (χ2v) is 3.89. The molecule has 1 amide bonds. The highest BCUT2D eigenvalue weighted by atomic mass is 19.1. The van der Waals surface area contributed by atoms with Crippen LogP contribution < -0.4 is 5.32 Å². The number of rotatable bonds is 3. The summed E-state index contributed by atoms with van der Waals surface area (Å²) in [6.07, 6.45) is 4.50. The molecule has 0 saturated carbocycles. The number of hydrogen-bond donors (Lipinski definition) is 1. The van der Waals surface area contributed by atoms with Gasteiger partial charge in [-0.05, 0) is 29.8 Å². The quantitative estimate of drug-likeness (QED) is 0.687. The summed E-state index contributed by atoms with van der Waals surface area (Å²) in [6, 6.07) is 10.9. The molecule has 20 heavy (non-hydrogen) atoms. The first-order chi connectivity index (χ1) is 9.70. The third-order valence-corrected chi connectivity index (χ3v) is 2.48. The van der Waals surface area contributed by atoms with Crippen LogP contribution in [0.1, 0.15) is 5.56 Å². The van der Waals surface area contributed by atoms with Gasteiger partial charge in [0.1, 0.15) is 17.5 Å². The van der Waals surface area contributed by atoms with Crippen molar-refractivity contribution in [1.29, 1.82) is 5.26 Å². The maximum Gasteiger partial charge on any atom is 0.266 e. The Kier molecular flexibility index (Phi) is 4.20. The summed E-state index contributed by atoms with van der Waals surface area (Å²) < 4.78 is 13.4. The fraction of sp³-hybridized carbons (Fsp3) is 0. The van der Waals surface area contributed by atoms with Gasteiger partial charge >= 0.3 is 0 Å². The minimum absolute atomic E-state index is 0.0323. The van der Waals surface area contributed by atoms with Crippen LogP contribution in [0.2, 0.25) is 0 Å². The summed E-state index contributed by atoms with van der Waals surface area (Å²) in [6.45, 7) is 0. The van der Waals surface area contributed by atoms with Crippen LogP contribution in [0, 0.1) is 17.1 Å². The first-order valence-corrected chi connectivity index (χ1v) is 5.78. The predicted octanol–water partition coefficient (Wildman–Crippen LogP) is 2.77. The number of benzene rings is 1. The van der Waals surface area contributed by atoms with Crippen molar-refractivity contribution in [2.24, 2.45) is 0 Å². The highest BCUT2D eigenvalue weighted by molar-refractivity contribution is 6.09. The number of nitrogens with zero attached hydrogens (tertiary/aromatic N) is 2. The lowest BCUT2D eigenvalue weighted by Gasteiger charge is -2.05. The Hall–Kier alpha value is -3.00. The minimum atomic E-state index is -0.665. The third kappa shape index (κ3) is 3.27. The van der Waals surface area contributed by atoms with Crippen LogP contribution in [0.25, 0.3) is 6.08 Å². The molecule has 1 aromatic heterocycles. The van der Waals surface area contributed by atoms with Gasteiger partial charge in [-0.15, -0.1) is 0 Å². The monoisotopic (exact) mass is 267 g/mol. The van der Waals surface area contributed by atoms with Crippen LogP contribution >= 0.6 is 0 Å². The van der Waals surface area contributed by atoms with Gasteiger partial charge in [-0.2, -0.15) is 5.26 Å². The van der Waals surface area contributed by atoms with Crippen LogP contribution in [0.5, 0.6) is 0 Å². The number of aromatic nitrogens is 1. The van der Waals surface area contributed by atoms with Gasteiger partial charge in [0.05, 0.1) is 5.69 Å². The molecule has 1 heterocycles. The Labute approximate surface area is 115 Å². The molecule has 4 nitrogen and oxygen atoms in total. The highest BCUT2D eigenvalue weighted by Crippen LogP contribution is 2.14. The van der Waals surface area contributed by atoms with E-state index in [1.165, 1.54) is 30.5 Å². The summed E-state index contributed by atoms with van der Waals surface area (Å²) >= 11 is 0. The number of amides is 1. The number of nitriles is 1. The van der Waals surface area contributed by atoms with Crippen LogP contribution in [-0.2, 0) is 4.79 Å². The van der Waals surface area contributed by atoms with Crippen molar-refractivity contribution in [3.05, 3.63) is 65.7 Å². The van der Waals surface area contributed by atoms with Gasteiger partial charge in [-0.25, -0.2) is 4.39 Å². The lowest BCUT2D eigenvalue weighted by Crippen LogP contribution is -2.14. The van der Waals surface area contributed by atoms with E-state index in [1.807, 2.05) is 0 Å². The molecule has 98 valence electrons. The lowest BCUT2D eigenvalue weighted by atomic mass is 10.1. The fourth-order valence-corrected chi connectivity index (χ4v) is 1.53. The van der Waals surface area contributed by atoms with E-state index >= 15 is 0 Å². The molecule has 1 N–H and O–H groups in total. The number of halogens is 1. The molecule has 0 saturated heterocycles. The number of pyridine rings is 1. The maximum absolute atomic E-state index is 13.4. The molecule has 0 unspecified atom stereocenters. The van der Waals surface area contributed by atoms with Gasteiger partial charge in [-0.3, -0.25) is 9.78 Å². The van der Waals surface area contributed by atoms with Gasteiger partial charge in [0, 0.05) is 12.4 Å². The Morgan fingerprint density at radius 1 is 1.30 bits per heavy atom. The topological polar surface area (TPSA) is 65.8 Å². The molecule has 0 radical (unpaired) electrons. The van der Waals surface area contributed by atoms with Crippen molar-refractivity contribution in [1.82, 2.24) is 4.98 Å². The van der Waals surface area contributed by atoms with E-state index in [2.05, 4.69) is 10.3 Å². The number of para-hydroxylation sites is 1. The van der Waals surface area contributed by atoms with Gasteiger partial charge in [0.25, 0.3) is 5.91 Å². The zero-order valence-corrected chi connectivity index (χ0v) is 10.4. The van der Waals surface area contributed by atoms with Crippen LogP contribution in [-0.4, -0.2) is 10.9 Å². The van der Waals surface area contributed by atoms with E-state index in [9.17, 15) is 9.18 Å². The van der Waals surface area contributed by atoms with Crippen LogP contribution in [0.3, 0.4) is 0 Å². The second-order valence-electron chi connectivity index (χ2n) is 3.89. The first-order valence-electron chi connectivity index (χ1n) is 5.78. The normalized spacial score (nSPS) is 10.7. The molecular weight excluding hydrogens is 257 g/mol. The number of hydrogen-bond acceptors (Lipinski definition) is 3. The van der Waals surface area contributed by atoms with Crippen molar-refractivity contribution in [3.63, 3.8) is 0 Å². The zero-order chi connectivity index (χ0) is 14.4. The van der Waals surface area contributed by atoms with Crippen molar-refractivity contribution in [2.45, 2.75) is 0 Å². The molecule has 2 rings (SSSR count). The average molecular weight is 267 g/mol. The van der Waals surface area contributed by atoms with Crippen molar-refractivity contribution in [2.75, 3.05) is 5.32 Å². The van der Waals surface area contributed by atoms with Crippen molar-refractivity contribution < 1.29 is 9.18 Å². The molecule has 0 aliphatic carbocycles. The first kappa shape index (κ1) is 13.4. The van der Waals surface area contributed by atoms with Gasteiger partial charge in [0.2, 0.25) is 0 Å². The Balaban J connectivity index is 2.21. The molecule has 0 atom stereocenters. The Morgan fingerprint density at radius 3 is 2.75 bits per heavy atom. The SMILES string of the molecule is N#C/C(=C/c1cccnc1)C(=O)Nc1ccccc1F. The van der Waals surface area contributed by atoms with Gasteiger partial charge < -0.3 is 5.32 Å². The van der Waals surface area contributed by atoms with E-state index < -0.39 is 11.7 Å². The number of nitrogens with one attached hydrogen (secondary N) is 1. The minimum Gasteiger partial charge on any atom is -0.319 e. The smallest absolute Gasteiger partial charge is 0.266 e. The molecule has 0 fully saturated rings. The zero-order valence-electron chi connectivity index (χ0n) is 10.4. The molecule has 0 bridgehead atoms. The summed E-state index contributed by atoms with van der Waals surface area (Å²) in [4.78, 5) is 15.8. The maximum atomic E-state index is 13.4. The summed E-state index contributed by atoms with van der Waals surface area (Å²) in [5, 5.41) is 11.4. The van der Waals surface area contributed by atoms with Crippen LogP contribution in [0.4, 0.5) is 10.1 Å². The van der Waals surface area contributed by atoms with Crippen molar-refractivity contribution in [3.8, 4) is 6.07 Å². The van der Waals surface area contributed by atoms with E-state index in [0.717, 1.165) is 0 Å². The van der Waals surface area contributed by atoms with Gasteiger partial charge in [-0.1, -0.05) is 18.2 Å². The summed E-state index contributed by atoms with van der Waals surface area (Å²) in [5.41, 5.74) is 0.527. The number of carbonyl (C=O) groups excluding carboxylic acids is 1. The number of carbonyl (C=O) groups is 1.